The number of amides is 3. The van der Waals surface area contributed by atoms with Crippen LogP contribution in [0.1, 0.15) is 26.5 Å². The molecule has 1 aromatic carbocycles. The number of carbonyl (C=O) groups is 3. The molecule has 8 nitrogen and oxygen atoms in total. The molecule has 0 spiro atoms. The van der Waals surface area contributed by atoms with Gasteiger partial charge >= 0.3 is 0 Å². The number of nitrogens with one attached hydrogen (secondary N) is 3. The van der Waals surface area contributed by atoms with Crippen molar-refractivity contribution in [2.45, 2.75) is 6.04 Å². The third kappa shape index (κ3) is 3.45. The van der Waals surface area contributed by atoms with E-state index in [-0.39, 0.29) is 23.8 Å². The van der Waals surface area contributed by atoms with Crippen molar-refractivity contribution in [2.24, 2.45) is 11.8 Å². The van der Waals surface area contributed by atoms with Gasteiger partial charge < -0.3 is 25.3 Å². The molecule has 2 aliphatic heterocycles. The van der Waals surface area contributed by atoms with Crippen LogP contribution in [0.5, 0.6) is 0 Å². The minimum Gasteiger partial charge on any atom is -0.465 e. The number of fused-ring (bicyclic) bond motifs is 2. The molecule has 154 valence electrons. The highest BCUT2D eigenvalue weighted by Gasteiger charge is 2.57. The average molecular weight is 406 g/mol. The highest BCUT2D eigenvalue weighted by atomic mass is 16.3. The van der Waals surface area contributed by atoms with Crippen LogP contribution >= 0.6 is 0 Å². The van der Waals surface area contributed by atoms with Gasteiger partial charge in [-0.1, -0.05) is 0 Å². The van der Waals surface area contributed by atoms with E-state index in [1.807, 2.05) is 4.90 Å². The van der Waals surface area contributed by atoms with Crippen molar-refractivity contribution in [1.29, 1.82) is 0 Å². The van der Waals surface area contributed by atoms with Gasteiger partial charge in [0.05, 0.1) is 11.8 Å². The van der Waals surface area contributed by atoms with Crippen LogP contribution in [0.25, 0.3) is 6.08 Å². The fourth-order valence-electron chi connectivity index (χ4n) is 4.30. The van der Waals surface area contributed by atoms with Crippen molar-refractivity contribution < 1.29 is 18.8 Å². The Labute approximate surface area is 173 Å². The van der Waals surface area contributed by atoms with Gasteiger partial charge in [-0.05, 0) is 36.4 Å². The van der Waals surface area contributed by atoms with Crippen molar-refractivity contribution >= 4 is 29.5 Å². The maximum Gasteiger partial charge on any atom is 0.253 e. The minimum absolute atomic E-state index is 0.0428. The van der Waals surface area contributed by atoms with E-state index in [4.69, 9.17) is 4.42 Å². The van der Waals surface area contributed by atoms with E-state index in [2.05, 4.69) is 16.0 Å². The lowest BCUT2D eigenvalue weighted by Gasteiger charge is -2.18. The summed E-state index contributed by atoms with van der Waals surface area (Å²) in [4.78, 5) is 38.8. The highest BCUT2D eigenvalue weighted by molar-refractivity contribution is 6.03. The summed E-state index contributed by atoms with van der Waals surface area (Å²) < 4.78 is 5.20. The molecule has 3 aliphatic rings. The molecule has 30 heavy (non-hydrogen) atoms. The van der Waals surface area contributed by atoms with E-state index in [0.29, 0.717) is 60.6 Å². The van der Waals surface area contributed by atoms with Gasteiger partial charge in [-0.25, -0.2) is 0 Å². The van der Waals surface area contributed by atoms with E-state index in [9.17, 15) is 14.4 Å². The maximum atomic E-state index is 12.7. The van der Waals surface area contributed by atoms with Crippen LogP contribution in [0, 0.1) is 11.8 Å². The van der Waals surface area contributed by atoms with E-state index >= 15 is 0 Å². The van der Waals surface area contributed by atoms with Crippen molar-refractivity contribution in [3.05, 3.63) is 59.6 Å². The number of anilines is 1. The molecular formula is C22H22N4O4. The smallest absolute Gasteiger partial charge is 0.253 e. The van der Waals surface area contributed by atoms with E-state index < -0.39 is 0 Å². The number of hydrogen-bond acceptors (Lipinski definition) is 5. The Hall–Kier alpha value is -3.55. The molecule has 0 radical (unpaired) electrons. The molecule has 2 fully saturated rings. The summed E-state index contributed by atoms with van der Waals surface area (Å²) >= 11 is 0. The van der Waals surface area contributed by atoms with Gasteiger partial charge in [0.2, 0.25) is 5.91 Å². The Morgan fingerprint density at radius 1 is 1.13 bits per heavy atom. The fraction of sp³-hybridized carbons (Fsp3) is 0.318. The molecule has 2 aromatic rings. The summed E-state index contributed by atoms with van der Waals surface area (Å²) in [6, 6.07) is 8.73. The van der Waals surface area contributed by atoms with Gasteiger partial charge in [-0.15, -0.1) is 0 Å². The molecule has 3 heterocycles. The monoisotopic (exact) mass is 406 g/mol. The second-order valence-corrected chi connectivity index (χ2v) is 7.86. The first-order valence-corrected chi connectivity index (χ1v) is 10.1. The standard InChI is InChI=1S/C22H22N4O4/c27-19(6-4-14-2-1-9-30-14)26-11-16-17(12-26)20(16)25-21(28)13-3-5-15-18(10-13)23-7-8-24-22(15)29/h1-6,9-10,16-17,20,23H,7-8,11-12H2,(H,24,29)(H,25,28)/b6-4+/t16-,17+,20?. The lowest BCUT2D eigenvalue weighted by atomic mass is 10.1. The predicted molar refractivity (Wildman–Crippen MR) is 110 cm³/mol. The summed E-state index contributed by atoms with van der Waals surface area (Å²) in [6.45, 7) is 2.45. The van der Waals surface area contributed by atoms with Crippen molar-refractivity contribution in [3.8, 4) is 0 Å². The zero-order valence-corrected chi connectivity index (χ0v) is 16.3. The molecule has 1 aromatic heterocycles. The first kappa shape index (κ1) is 18.5. The lowest BCUT2D eigenvalue weighted by molar-refractivity contribution is -0.125. The average Bonchev–Trinajstić information content (AvgIpc) is 3.12. The van der Waals surface area contributed by atoms with Gasteiger partial charge in [-0.3, -0.25) is 14.4 Å². The maximum absolute atomic E-state index is 12.7. The summed E-state index contributed by atoms with van der Waals surface area (Å²) in [5.41, 5.74) is 1.74. The first-order chi connectivity index (χ1) is 14.6. The van der Waals surface area contributed by atoms with Crippen LogP contribution in [0.15, 0.2) is 47.1 Å². The van der Waals surface area contributed by atoms with Crippen LogP contribution < -0.4 is 16.0 Å². The molecule has 0 bridgehead atoms. The third-order valence-corrected chi connectivity index (χ3v) is 5.99. The van der Waals surface area contributed by atoms with E-state index in [0.717, 1.165) is 0 Å². The number of furan rings is 1. The van der Waals surface area contributed by atoms with E-state index in [1.54, 1.807) is 42.7 Å². The van der Waals surface area contributed by atoms with Crippen LogP contribution in [-0.2, 0) is 4.79 Å². The molecular weight excluding hydrogens is 384 g/mol. The Balaban J connectivity index is 1.16. The Bertz CT molecular complexity index is 1020. The number of benzene rings is 1. The largest absolute Gasteiger partial charge is 0.465 e. The summed E-state index contributed by atoms with van der Waals surface area (Å²) in [7, 11) is 0. The quantitative estimate of drug-likeness (QED) is 0.665. The van der Waals surface area contributed by atoms with Crippen molar-refractivity contribution in [3.63, 3.8) is 0 Å². The van der Waals surface area contributed by atoms with Crippen LogP contribution in [-0.4, -0.2) is 54.8 Å². The summed E-state index contributed by atoms with van der Waals surface area (Å²) in [5.74, 6) is 0.896. The first-order valence-electron chi connectivity index (χ1n) is 10.1. The van der Waals surface area contributed by atoms with E-state index in [1.165, 1.54) is 6.08 Å². The highest BCUT2D eigenvalue weighted by Crippen LogP contribution is 2.45. The van der Waals surface area contributed by atoms with Gasteiger partial charge in [0.15, 0.2) is 0 Å². The molecule has 3 N–H and O–H groups in total. The molecule has 1 saturated carbocycles. The molecule has 1 aliphatic carbocycles. The van der Waals surface area contributed by atoms with Gasteiger partial charge in [0, 0.05) is 61.4 Å². The zero-order valence-electron chi connectivity index (χ0n) is 16.3. The van der Waals surface area contributed by atoms with Crippen molar-refractivity contribution in [2.75, 3.05) is 31.5 Å². The van der Waals surface area contributed by atoms with Gasteiger partial charge in [0.1, 0.15) is 5.76 Å². The number of rotatable bonds is 4. The second-order valence-electron chi connectivity index (χ2n) is 7.86. The molecule has 5 rings (SSSR count). The summed E-state index contributed by atoms with van der Waals surface area (Å²) in [6.07, 6.45) is 4.76. The minimum atomic E-state index is -0.153. The molecule has 3 atom stereocenters. The fourth-order valence-corrected chi connectivity index (χ4v) is 4.30. The molecule has 1 saturated heterocycles. The number of nitrogens with zero attached hydrogens (tertiary/aromatic N) is 1. The van der Waals surface area contributed by atoms with Crippen LogP contribution in [0.4, 0.5) is 5.69 Å². The van der Waals surface area contributed by atoms with Gasteiger partial charge in [0.25, 0.3) is 11.8 Å². The Morgan fingerprint density at radius 2 is 1.93 bits per heavy atom. The lowest BCUT2D eigenvalue weighted by Crippen LogP contribution is -2.36. The predicted octanol–water partition coefficient (Wildman–Crippen LogP) is 1.33. The number of hydrogen-bond donors (Lipinski definition) is 3. The molecule has 1 unspecified atom stereocenters. The van der Waals surface area contributed by atoms with Gasteiger partial charge in [-0.2, -0.15) is 0 Å². The van der Waals surface area contributed by atoms with Crippen LogP contribution in [0.2, 0.25) is 0 Å². The topological polar surface area (TPSA) is 104 Å². The Morgan fingerprint density at radius 3 is 2.70 bits per heavy atom. The van der Waals surface area contributed by atoms with Crippen molar-refractivity contribution in [1.82, 2.24) is 15.5 Å². The second kappa shape index (κ2) is 7.37. The van der Waals surface area contributed by atoms with Crippen LogP contribution in [0.3, 0.4) is 0 Å². The number of likely N-dealkylation sites (tertiary alicyclic amines) is 1. The zero-order chi connectivity index (χ0) is 20.7. The number of piperidine rings is 1. The normalized spacial score (nSPS) is 24.5. The molecule has 8 heteroatoms. The summed E-state index contributed by atoms with van der Waals surface area (Å²) in [5, 5.41) is 9.07. The number of carbonyl (C=O) groups excluding carboxylic acids is 3. The molecule has 3 amide bonds. The Kier molecular flexibility index (Phi) is 4.54. The SMILES string of the molecule is O=C(NC1[C@H]2CN(C(=O)/C=C/c3ccco3)C[C@@H]12)c1ccc2c(c1)NCCNC2=O. The third-order valence-electron chi connectivity index (χ3n) is 5.99.